The van der Waals surface area contributed by atoms with E-state index in [1.807, 2.05) is 38.1 Å². The van der Waals surface area contributed by atoms with Gasteiger partial charge in [0.05, 0.1) is 11.5 Å². The van der Waals surface area contributed by atoms with E-state index >= 15 is 0 Å². The zero-order chi connectivity index (χ0) is 30.0. The monoisotopic (exact) mass is 573 g/mol. The summed E-state index contributed by atoms with van der Waals surface area (Å²) >= 11 is 0. The van der Waals surface area contributed by atoms with Gasteiger partial charge in [0.25, 0.3) is 0 Å². The lowest BCUT2D eigenvalue weighted by Crippen LogP contribution is -2.59. The quantitative estimate of drug-likeness (QED) is 0.516. The second-order valence-electron chi connectivity index (χ2n) is 14.4. The molecule has 7 rings (SSSR count). The molecule has 9 nitrogen and oxygen atoms in total. The second-order valence-corrected chi connectivity index (χ2v) is 14.4. The molecule has 4 bridgehead atoms. The molecule has 5 fully saturated rings. The Kier molecular flexibility index (Phi) is 7.10. The van der Waals surface area contributed by atoms with Crippen LogP contribution in [0.5, 0.6) is 0 Å². The van der Waals surface area contributed by atoms with Gasteiger partial charge in [0.2, 0.25) is 23.6 Å². The number of carbonyl (C=O) groups is 4. The zero-order valence-electron chi connectivity index (χ0n) is 25.2. The maximum atomic E-state index is 14.2. The lowest BCUT2D eigenvalue weighted by atomic mass is 9.49. The molecule has 4 atom stereocenters. The van der Waals surface area contributed by atoms with Crippen LogP contribution in [0, 0.1) is 40.4 Å². The van der Waals surface area contributed by atoms with Crippen molar-refractivity contribution in [3.8, 4) is 6.07 Å². The Hall–Kier alpha value is -3.41. The molecule has 9 heteroatoms. The third-order valence-electron chi connectivity index (χ3n) is 10.9. The Bertz CT molecular complexity index is 1310. The largest absolute Gasteiger partial charge is 0.344 e. The summed E-state index contributed by atoms with van der Waals surface area (Å²) in [5.74, 6) is 1.08. The van der Waals surface area contributed by atoms with Gasteiger partial charge in [-0.15, -0.1) is 0 Å². The first-order valence-electron chi connectivity index (χ1n) is 15.6. The molecule has 1 aromatic rings. The number of rotatable bonds is 7. The summed E-state index contributed by atoms with van der Waals surface area (Å²) in [6, 6.07) is 7.29. The fourth-order valence-corrected chi connectivity index (χ4v) is 9.31. The summed E-state index contributed by atoms with van der Waals surface area (Å²) in [5.41, 5.74) is 0.160. The number of anilines is 1. The summed E-state index contributed by atoms with van der Waals surface area (Å²) in [5, 5.41) is 16.1. The van der Waals surface area contributed by atoms with Gasteiger partial charge >= 0.3 is 0 Å². The second kappa shape index (κ2) is 10.4. The molecule has 1 aromatic carbocycles. The van der Waals surface area contributed by atoms with Gasteiger partial charge in [-0.1, -0.05) is 32.0 Å². The number of hydrogen-bond donors (Lipinski definition) is 2. The molecular weight excluding hydrogens is 530 g/mol. The van der Waals surface area contributed by atoms with Crippen LogP contribution in [0.1, 0.15) is 77.7 Å². The molecule has 1 spiro atoms. The normalized spacial score (nSPS) is 33.7. The maximum absolute atomic E-state index is 14.2. The predicted molar refractivity (Wildman–Crippen MR) is 157 cm³/mol. The number of nitrogens with zero attached hydrogens (tertiary/aromatic N) is 3. The average Bonchev–Trinajstić information content (AvgIpc) is 3.47. The van der Waals surface area contributed by atoms with Gasteiger partial charge in [-0.25, -0.2) is 0 Å². The molecule has 0 radical (unpaired) electrons. The van der Waals surface area contributed by atoms with Crippen LogP contribution in [0.25, 0.3) is 0 Å². The van der Waals surface area contributed by atoms with E-state index in [2.05, 4.69) is 16.7 Å². The van der Waals surface area contributed by atoms with Crippen molar-refractivity contribution in [3.05, 3.63) is 29.8 Å². The van der Waals surface area contributed by atoms with Gasteiger partial charge < -0.3 is 20.4 Å². The van der Waals surface area contributed by atoms with Crippen LogP contribution in [0.15, 0.2) is 24.3 Å². The van der Waals surface area contributed by atoms with E-state index in [0.29, 0.717) is 29.9 Å². The van der Waals surface area contributed by atoms with Crippen LogP contribution in [0.4, 0.5) is 5.69 Å². The molecular formula is C33H43N5O4. The van der Waals surface area contributed by atoms with Crippen molar-refractivity contribution in [3.63, 3.8) is 0 Å². The number of benzene rings is 1. The van der Waals surface area contributed by atoms with Crippen molar-refractivity contribution in [1.82, 2.24) is 15.1 Å². The lowest BCUT2D eigenvalue weighted by Gasteiger charge is -2.55. The van der Waals surface area contributed by atoms with E-state index in [1.165, 1.54) is 29.1 Å². The van der Waals surface area contributed by atoms with Crippen molar-refractivity contribution < 1.29 is 19.2 Å². The van der Waals surface area contributed by atoms with E-state index in [9.17, 15) is 24.4 Å². The summed E-state index contributed by atoms with van der Waals surface area (Å²) < 4.78 is 0. The van der Waals surface area contributed by atoms with Crippen molar-refractivity contribution in [2.24, 2.45) is 29.1 Å². The Balaban J connectivity index is 1.19. The third-order valence-corrected chi connectivity index (χ3v) is 10.9. The lowest BCUT2D eigenvalue weighted by molar-refractivity contribution is -0.151. The first kappa shape index (κ1) is 28.7. The molecule has 2 aliphatic heterocycles. The molecule has 2 heterocycles. The topological polar surface area (TPSA) is 123 Å². The minimum atomic E-state index is -0.989. The Morgan fingerprint density at radius 3 is 2.29 bits per heavy atom. The number of fused-ring (bicyclic) bond motifs is 2. The van der Waals surface area contributed by atoms with Gasteiger partial charge in [0, 0.05) is 31.1 Å². The average molecular weight is 574 g/mol. The number of carbonyl (C=O) groups excluding carboxylic acids is 4. The fourth-order valence-electron chi connectivity index (χ4n) is 9.31. The predicted octanol–water partition coefficient (Wildman–Crippen LogP) is 3.60. The minimum Gasteiger partial charge on any atom is -0.344 e. The summed E-state index contributed by atoms with van der Waals surface area (Å²) in [6.07, 6.45) is 7.06. The van der Waals surface area contributed by atoms with Crippen molar-refractivity contribution in [2.75, 3.05) is 18.9 Å². The van der Waals surface area contributed by atoms with Gasteiger partial charge in [0.1, 0.15) is 18.1 Å². The van der Waals surface area contributed by atoms with Crippen LogP contribution >= 0.6 is 0 Å². The van der Waals surface area contributed by atoms with Gasteiger partial charge in [0.15, 0.2) is 0 Å². The van der Waals surface area contributed by atoms with Crippen LogP contribution < -0.4 is 10.6 Å². The SMILES string of the molecule is CC(C)C[C@@H](C(=O)N1C[C@]2(C[C@H]1C#N)C(=O)Nc1ccccc12)N(C)C(=O)[C@H](C)NC(=O)C12CC3CC(CC(C3)C1)C2. The Morgan fingerprint density at radius 2 is 1.69 bits per heavy atom. The van der Waals surface area contributed by atoms with Crippen LogP contribution in [-0.2, 0) is 24.6 Å². The Labute approximate surface area is 248 Å². The fraction of sp³-hybridized carbons (Fsp3) is 0.667. The number of nitriles is 1. The number of likely N-dealkylation sites (N-methyl/N-ethyl adjacent to an activating group) is 1. The van der Waals surface area contributed by atoms with Crippen molar-refractivity contribution in [1.29, 1.82) is 5.26 Å². The number of nitrogens with one attached hydrogen (secondary N) is 2. The maximum Gasteiger partial charge on any atom is 0.246 e. The Morgan fingerprint density at radius 1 is 1.07 bits per heavy atom. The highest BCUT2D eigenvalue weighted by molar-refractivity contribution is 6.07. The number of para-hydroxylation sites is 1. The zero-order valence-corrected chi connectivity index (χ0v) is 25.2. The molecule has 4 amide bonds. The highest BCUT2D eigenvalue weighted by Gasteiger charge is 2.57. The van der Waals surface area contributed by atoms with E-state index in [-0.39, 0.29) is 47.9 Å². The van der Waals surface area contributed by atoms with Gasteiger partial charge in [-0.2, -0.15) is 5.26 Å². The molecule has 2 N–H and O–H groups in total. The van der Waals surface area contributed by atoms with E-state index in [0.717, 1.165) is 24.8 Å². The van der Waals surface area contributed by atoms with Crippen molar-refractivity contribution >= 4 is 29.3 Å². The van der Waals surface area contributed by atoms with E-state index in [1.54, 1.807) is 14.0 Å². The first-order valence-corrected chi connectivity index (χ1v) is 15.6. The van der Waals surface area contributed by atoms with Gasteiger partial charge in [-0.3, -0.25) is 19.2 Å². The summed E-state index contributed by atoms with van der Waals surface area (Å²) in [4.78, 5) is 57.8. The molecule has 0 aromatic heterocycles. The smallest absolute Gasteiger partial charge is 0.246 e. The number of amides is 4. The third kappa shape index (κ3) is 4.58. The first-order chi connectivity index (χ1) is 20.0. The molecule has 4 aliphatic carbocycles. The number of hydrogen-bond acceptors (Lipinski definition) is 5. The molecule has 0 unspecified atom stereocenters. The molecule has 1 saturated heterocycles. The minimum absolute atomic E-state index is 0.0143. The standard InChI is InChI=1S/C33H43N5O4/c1-19(2)9-27(29(40)38-18-33(16-24(38)17-34)25-7-5-6-8-26(25)36-31(33)42)37(4)28(39)20(3)35-30(41)32-13-21-10-22(14-32)12-23(11-21)15-32/h5-8,19-24,27H,9-16,18H2,1-4H3,(H,35,41)(H,36,42)/t20-,21?,22?,23?,24-,27-,32?,33-/m0/s1. The highest BCUT2D eigenvalue weighted by Crippen LogP contribution is 2.60. The molecule has 4 saturated carbocycles. The molecule has 224 valence electrons. The van der Waals surface area contributed by atoms with Gasteiger partial charge in [-0.05, 0) is 87.2 Å². The van der Waals surface area contributed by atoms with E-state index in [4.69, 9.17) is 0 Å². The highest BCUT2D eigenvalue weighted by atomic mass is 16.2. The van der Waals surface area contributed by atoms with E-state index < -0.39 is 23.5 Å². The van der Waals surface area contributed by atoms with Crippen LogP contribution in [-0.4, -0.2) is 65.1 Å². The van der Waals surface area contributed by atoms with Crippen LogP contribution in [0.3, 0.4) is 0 Å². The summed E-state index contributed by atoms with van der Waals surface area (Å²) in [7, 11) is 1.62. The molecule has 6 aliphatic rings. The van der Waals surface area contributed by atoms with Crippen molar-refractivity contribution in [2.45, 2.75) is 95.7 Å². The molecule has 42 heavy (non-hydrogen) atoms. The number of likely N-dealkylation sites (tertiary alicyclic amines) is 1. The van der Waals surface area contributed by atoms with Crippen LogP contribution in [0.2, 0.25) is 0 Å². The summed E-state index contributed by atoms with van der Waals surface area (Å²) in [6.45, 7) is 5.77.